The minimum absolute atomic E-state index is 0.0283. The van der Waals surface area contributed by atoms with Crippen LogP contribution in [0.3, 0.4) is 0 Å². The molecule has 11 heteroatoms. The minimum atomic E-state index is -1.06. The molecule has 8 nitrogen and oxygen atoms in total. The number of benzene rings is 1. The van der Waals surface area contributed by atoms with Crippen molar-refractivity contribution in [1.82, 2.24) is 19.9 Å². The Morgan fingerprint density at radius 2 is 1.97 bits per heavy atom. The van der Waals surface area contributed by atoms with Crippen molar-refractivity contribution in [3.05, 3.63) is 68.6 Å². The molecule has 3 rings (SSSR count). The van der Waals surface area contributed by atoms with Crippen molar-refractivity contribution in [2.75, 3.05) is 6.61 Å². The fraction of sp³-hybridized carbons (Fsp3) is 0.250. The average molecular weight is 432 g/mol. The Morgan fingerprint density at radius 1 is 1.19 bits per heavy atom. The molecule has 0 bridgehead atoms. The van der Waals surface area contributed by atoms with Gasteiger partial charge in [-0.2, -0.15) is 4.39 Å². The number of hydrogen-bond acceptors (Lipinski definition) is 6. The summed E-state index contributed by atoms with van der Waals surface area (Å²) in [5.74, 6) is -2.25. The molecule has 0 aliphatic rings. The molecule has 0 amide bonds. The maximum Gasteiger partial charge on any atom is 0.287 e. The summed E-state index contributed by atoms with van der Waals surface area (Å²) in [6.45, 7) is 3.26. The van der Waals surface area contributed by atoms with Crippen LogP contribution in [-0.2, 0) is 17.8 Å². The smallest absolute Gasteiger partial charge is 0.287 e. The molecule has 0 saturated carbocycles. The lowest BCUT2D eigenvalue weighted by Gasteiger charge is -2.10. The van der Waals surface area contributed by atoms with E-state index >= 15 is 0 Å². The first-order chi connectivity index (χ1) is 14.8. The summed E-state index contributed by atoms with van der Waals surface area (Å²) < 4.78 is 47.4. The molecular weight excluding hydrogens is 413 g/mol. The Labute approximate surface area is 175 Å². The number of aliphatic imine (C=N–C) groups is 1. The quantitative estimate of drug-likeness (QED) is 0.438. The molecule has 0 spiro atoms. The van der Waals surface area contributed by atoms with E-state index < -0.39 is 23.0 Å². The highest BCUT2D eigenvalue weighted by atomic mass is 19.1. The van der Waals surface area contributed by atoms with Gasteiger partial charge in [-0.05, 0) is 37.1 Å². The van der Waals surface area contributed by atoms with Crippen LogP contribution in [0.15, 0.2) is 28.1 Å². The second kappa shape index (κ2) is 9.47. The van der Waals surface area contributed by atoms with Crippen molar-refractivity contribution >= 4 is 12.2 Å². The van der Waals surface area contributed by atoms with Gasteiger partial charge >= 0.3 is 0 Å². The highest BCUT2D eigenvalue weighted by molar-refractivity contribution is 5.60. The summed E-state index contributed by atoms with van der Waals surface area (Å²) in [7, 11) is 0. The van der Waals surface area contributed by atoms with Crippen LogP contribution in [-0.4, -0.2) is 32.9 Å². The zero-order valence-electron chi connectivity index (χ0n) is 16.7. The van der Waals surface area contributed by atoms with E-state index in [9.17, 15) is 18.0 Å². The summed E-state index contributed by atoms with van der Waals surface area (Å²) in [5.41, 5.74) is 4.57. The van der Waals surface area contributed by atoms with Crippen LogP contribution in [0.1, 0.15) is 29.4 Å². The lowest BCUT2D eigenvalue weighted by molar-refractivity contribution is 0.128. The second-order valence-corrected chi connectivity index (χ2v) is 6.49. The number of nitrogens with two attached hydrogens (primary N) is 1. The number of nitrogens with zero attached hydrogens (tertiary/aromatic N) is 4. The summed E-state index contributed by atoms with van der Waals surface area (Å²) in [6.07, 6.45) is 2.07. The molecule has 162 valence electrons. The van der Waals surface area contributed by atoms with E-state index in [-0.39, 0.29) is 52.9 Å². The number of aromatic nitrogens is 4. The van der Waals surface area contributed by atoms with Gasteiger partial charge in [-0.15, -0.1) is 0 Å². The van der Waals surface area contributed by atoms with E-state index in [0.29, 0.717) is 6.61 Å². The van der Waals surface area contributed by atoms with Crippen LogP contribution in [0, 0.1) is 24.4 Å². The van der Waals surface area contributed by atoms with E-state index in [1.165, 1.54) is 13.1 Å². The Balaban J connectivity index is 2.08. The second-order valence-electron chi connectivity index (χ2n) is 6.49. The van der Waals surface area contributed by atoms with Crippen LogP contribution in [0.5, 0.6) is 0 Å². The number of ether oxygens (including phenoxy) is 1. The normalized spacial score (nSPS) is 11.4. The lowest BCUT2D eigenvalue weighted by atomic mass is 10.1. The number of aromatic amines is 1. The van der Waals surface area contributed by atoms with E-state index in [1.54, 1.807) is 6.92 Å². The maximum absolute atomic E-state index is 14.3. The van der Waals surface area contributed by atoms with Crippen LogP contribution in [0.4, 0.5) is 19.0 Å². The van der Waals surface area contributed by atoms with Gasteiger partial charge < -0.3 is 15.5 Å². The molecule has 1 aromatic carbocycles. The molecular formula is C20H19F3N6O2. The largest absolute Gasteiger partial charge is 0.390 e. The fourth-order valence-corrected chi connectivity index (χ4v) is 2.76. The number of aryl methyl sites for hydroxylation is 1. The predicted octanol–water partition coefficient (Wildman–Crippen LogP) is 2.70. The average Bonchev–Trinajstić information content (AvgIpc) is 2.74. The number of nitrogens with one attached hydrogen (secondary N) is 1. The number of rotatable bonds is 7. The van der Waals surface area contributed by atoms with Crippen molar-refractivity contribution in [1.29, 1.82) is 0 Å². The Hall–Kier alpha value is -3.60. The summed E-state index contributed by atoms with van der Waals surface area (Å²) in [4.78, 5) is 30.6. The number of hydrogen-bond donors (Lipinski definition) is 2. The first-order valence-electron chi connectivity index (χ1n) is 9.25. The first kappa shape index (κ1) is 22.1. The van der Waals surface area contributed by atoms with Gasteiger partial charge in [0, 0.05) is 13.0 Å². The van der Waals surface area contributed by atoms with Crippen molar-refractivity contribution in [3.63, 3.8) is 0 Å². The van der Waals surface area contributed by atoms with Crippen molar-refractivity contribution < 1.29 is 17.9 Å². The summed E-state index contributed by atoms with van der Waals surface area (Å²) in [5, 5.41) is 0. The molecule has 0 radical (unpaired) electrons. The lowest BCUT2D eigenvalue weighted by Crippen LogP contribution is -2.18. The van der Waals surface area contributed by atoms with E-state index in [1.807, 2.05) is 0 Å². The Bertz CT molecular complexity index is 1200. The van der Waals surface area contributed by atoms with Crippen LogP contribution in [0.25, 0.3) is 11.5 Å². The van der Waals surface area contributed by atoms with Crippen molar-refractivity contribution in [3.8, 4) is 11.5 Å². The fourth-order valence-electron chi connectivity index (χ4n) is 2.76. The zero-order chi connectivity index (χ0) is 22.5. The first-order valence-corrected chi connectivity index (χ1v) is 9.25. The molecule has 0 saturated heterocycles. The monoisotopic (exact) mass is 432 g/mol. The van der Waals surface area contributed by atoms with Crippen molar-refractivity contribution in [2.45, 2.75) is 26.9 Å². The minimum Gasteiger partial charge on any atom is -0.390 e. The van der Waals surface area contributed by atoms with Gasteiger partial charge in [0.05, 0.1) is 24.8 Å². The Kier molecular flexibility index (Phi) is 6.75. The number of halogens is 3. The summed E-state index contributed by atoms with van der Waals surface area (Å²) in [6, 6.07) is 2.14. The van der Waals surface area contributed by atoms with E-state index in [0.717, 1.165) is 18.5 Å². The molecule has 0 aliphatic heterocycles. The Morgan fingerprint density at radius 3 is 2.68 bits per heavy atom. The standard InChI is InChI=1S/C20H19F3N6O2/c1-3-31-8-16-17(23)20(30)29-19(28-16)15-7-25-18(26-9-24)14(27-15)6-11-5-12(21)10(2)4-13(11)22/h4-5,7,9H,3,6,8H2,1-2H3,(H2,24,25,26)(H,28,29,30). The molecule has 2 aromatic heterocycles. The van der Waals surface area contributed by atoms with Gasteiger partial charge in [0.25, 0.3) is 5.56 Å². The van der Waals surface area contributed by atoms with Gasteiger partial charge in [-0.25, -0.2) is 28.7 Å². The highest BCUT2D eigenvalue weighted by Crippen LogP contribution is 2.24. The number of H-pyrrole nitrogens is 1. The van der Waals surface area contributed by atoms with Crippen LogP contribution in [0.2, 0.25) is 0 Å². The van der Waals surface area contributed by atoms with Gasteiger partial charge in [0.15, 0.2) is 11.6 Å². The van der Waals surface area contributed by atoms with Gasteiger partial charge in [0.1, 0.15) is 23.0 Å². The molecule has 0 aliphatic carbocycles. The molecule has 3 N–H and O–H groups in total. The van der Waals surface area contributed by atoms with Crippen LogP contribution < -0.4 is 11.3 Å². The van der Waals surface area contributed by atoms with E-state index in [2.05, 4.69) is 24.9 Å². The third-order valence-electron chi connectivity index (χ3n) is 4.32. The van der Waals surface area contributed by atoms with Gasteiger partial charge in [0.2, 0.25) is 5.82 Å². The highest BCUT2D eigenvalue weighted by Gasteiger charge is 2.17. The SMILES string of the molecule is CCOCc1nc(-c2cnc(N=CN)c(Cc3cc(F)c(C)cc3F)n2)[nH]c(=O)c1F. The molecule has 0 unspecified atom stereocenters. The topological polar surface area (TPSA) is 119 Å². The van der Waals surface area contributed by atoms with Crippen LogP contribution >= 0.6 is 0 Å². The van der Waals surface area contributed by atoms with Gasteiger partial charge in [-0.3, -0.25) is 4.79 Å². The molecule has 0 atom stereocenters. The third-order valence-corrected chi connectivity index (χ3v) is 4.32. The molecule has 2 heterocycles. The molecule has 0 fully saturated rings. The summed E-state index contributed by atoms with van der Waals surface area (Å²) >= 11 is 0. The molecule has 31 heavy (non-hydrogen) atoms. The predicted molar refractivity (Wildman–Crippen MR) is 107 cm³/mol. The van der Waals surface area contributed by atoms with Crippen molar-refractivity contribution in [2.24, 2.45) is 10.7 Å². The maximum atomic E-state index is 14.3. The molecule has 3 aromatic rings. The van der Waals surface area contributed by atoms with E-state index in [4.69, 9.17) is 10.5 Å². The van der Waals surface area contributed by atoms with Gasteiger partial charge in [-0.1, -0.05) is 0 Å². The zero-order valence-corrected chi connectivity index (χ0v) is 16.7. The third kappa shape index (κ3) is 4.94.